The number of nitrogens with zero attached hydrogens (tertiary/aromatic N) is 1. The van der Waals surface area contributed by atoms with Gasteiger partial charge in [-0.25, -0.2) is 12.7 Å². The molecule has 0 unspecified atom stereocenters. The molecule has 1 aromatic carbocycles. The molecule has 0 radical (unpaired) electrons. The lowest BCUT2D eigenvalue weighted by molar-refractivity contribution is 0.102. The zero-order valence-electron chi connectivity index (χ0n) is 13.2. The molecule has 2 rings (SSSR count). The van der Waals surface area contributed by atoms with Gasteiger partial charge >= 0.3 is 0 Å². The maximum atomic E-state index is 12.3. The molecular formula is C15H19N3O3S2. The van der Waals surface area contributed by atoms with Crippen LogP contribution in [0.1, 0.15) is 17.3 Å². The Morgan fingerprint density at radius 3 is 2.52 bits per heavy atom. The number of nitrogens with one attached hydrogen (secondary N) is 2. The summed E-state index contributed by atoms with van der Waals surface area (Å²) in [7, 11) is -0.626. The summed E-state index contributed by atoms with van der Waals surface area (Å²) < 4.78 is 25.7. The van der Waals surface area contributed by atoms with E-state index in [0.717, 1.165) is 4.31 Å². The van der Waals surface area contributed by atoms with E-state index >= 15 is 0 Å². The molecule has 0 saturated heterocycles. The minimum atomic E-state index is -3.56. The average Bonchev–Trinajstić information content (AvgIpc) is 3.03. The van der Waals surface area contributed by atoms with Crippen molar-refractivity contribution < 1.29 is 13.2 Å². The Kier molecular flexibility index (Phi) is 5.40. The number of hydrogen-bond acceptors (Lipinski definition) is 5. The lowest BCUT2D eigenvalue weighted by Gasteiger charge is -2.16. The molecule has 0 aliphatic rings. The number of carbonyl (C=O) groups is 1. The van der Waals surface area contributed by atoms with Crippen molar-refractivity contribution in [1.82, 2.24) is 4.31 Å². The first-order chi connectivity index (χ1) is 10.9. The quantitative estimate of drug-likeness (QED) is 0.837. The van der Waals surface area contributed by atoms with Crippen molar-refractivity contribution >= 4 is 38.6 Å². The Balaban J connectivity index is 2.40. The Bertz CT molecular complexity index is 784. The van der Waals surface area contributed by atoms with Crippen molar-refractivity contribution in [3.63, 3.8) is 0 Å². The third-order valence-electron chi connectivity index (χ3n) is 3.17. The molecule has 1 heterocycles. The third-order valence-corrected chi connectivity index (χ3v) is 5.66. The Morgan fingerprint density at radius 2 is 1.96 bits per heavy atom. The van der Waals surface area contributed by atoms with Crippen molar-refractivity contribution in [3.8, 4) is 0 Å². The van der Waals surface area contributed by atoms with Crippen LogP contribution in [0.15, 0.2) is 39.9 Å². The van der Waals surface area contributed by atoms with Crippen LogP contribution in [0.3, 0.4) is 0 Å². The van der Waals surface area contributed by atoms with Gasteiger partial charge in [0.2, 0.25) is 10.0 Å². The smallest absolute Gasteiger partial charge is 0.256 e. The third kappa shape index (κ3) is 3.90. The second kappa shape index (κ2) is 7.12. The predicted molar refractivity (Wildman–Crippen MR) is 93.8 cm³/mol. The molecule has 124 valence electrons. The fraction of sp³-hybridized carbons (Fsp3) is 0.267. The molecule has 0 aliphatic carbocycles. The van der Waals surface area contributed by atoms with Crippen LogP contribution in [0.2, 0.25) is 0 Å². The van der Waals surface area contributed by atoms with Crippen LogP contribution >= 0.6 is 11.3 Å². The summed E-state index contributed by atoms with van der Waals surface area (Å²) in [6, 6.07) is 6.36. The molecule has 0 fully saturated rings. The van der Waals surface area contributed by atoms with Crippen molar-refractivity contribution in [2.45, 2.75) is 11.8 Å². The number of benzene rings is 1. The van der Waals surface area contributed by atoms with E-state index in [1.165, 1.54) is 37.6 Å². The Morgan fingerprint density at radius 1 is 1.22 bits per heavy atom. The standard InChI is InChI=1S/C15H19N3O3S2/c1-4-16-13-6-5-12(23(20,21)18(2)3)9-14(13)17-15(19)11-7-8-22-10-11/h5-10,16H,4H2,1-3H3,(H,17,19). The first kappa shape index (κ1) is 17.5. The maximum absolute atomic E-state index is 12.3. The summed E-state index contributed by atoms with van der Waals surface area (Å²) in [5, 5.41) is 9.44. The average molecular weight is 353 g/mol. The maximum Gasteiger partial charge on any atom is 0.256 e. The van der Waals surface area contributed by atoms with E-state index < -0.39 is 10.0 Å². The number of carbonyl (C=O) groups excluding carboxylic acids is 1. The molecule has 8 heteroatoms. The normalized spacial score (nSPS) is 11.5. The van der Waals surface area contributed by atoms with Gasteiger partial charge in [0, 0.05) is 26.0 Å². The molecule has 0 saturated carbocycles. The van der Waals surface area contributed by atoms with Gasteiger partial charge in [0.15, 0.2) is 0 Å². The van der Waals surface area contributed by atoms with Gasteiger partial charge in [-0.2, -0.15) is 11.3 Å². The van der Waals surface area contributed by atoms with Crippen molar-refractivity contribution in [2.24, 2.45) is 0 Å². The topological polar surface area (TPSA) is 78.5 Å². The molecular weight excluding hydrogens is 334 g/mol. The minimum absolute atomic E-state index is 0.129. The van der Waals surface area contributed by atoms with Gasteiger partial charge in [-0.3, -0.25) is 4.79 Å². The summed E-state index contributed by atoms with van der Waals surface area (Å²) in [5.74, 6) is -0.273. The molecule has 0 aliphatic heterocycles. The Labute approximate surface area is 140 Å². The molecule has 0 bridgehead atoms. The van der Waals surface area contributed by atoms with E-state index in [2.05, 4.69) is 10.6 Å². The van der Waals surface area contributed by atoms with Gasteiger partial charge < -0.3 is 10.6 Å². The van der Waals surface area contributed by atoms with Crippen LogP contribution in [-0.4, -0.2) is 39.3 Å². The van der Waals surface area contributed by atoms with Crippen LogP contribution in [-0.2, 0) is 10.0 Å². The van der Waals surface area contributed by atoms with E-state index in [-0.39, 0.29) is 10.8 Å². The molecule has 2 N–H and O–H groups in total. The van der Waals surface area contributed by atoms with Gasteiger partial charge in [-0.05, 0) is 36.6 Å². The molecule has 1 aromatic heterocycles. The van der Waals surface area contributed by atoms with E-state index in [1.54, 1.807) is 17.5 Å². The zero-order valence-corrected chi connectivity index (χ0v) is 14.8. The van der Waals surface area contributed by atoms with Gasteiger partial charge in [-0.1, -0.05) is 0 Å². The number of rotatable bonds is 6. The Hall–Kier alpha value is -1.90. The second-order valence-corrected chi connectivity index (χ2v) is 7.92. The van der Waals surface area contributed by atoms with E-state index in [4.69, 9.17) is 0 Å². The van der Waals surface area contributed by atoms with Gasteiger partial charge in [0.25, 0.3) is 5.91 Å². The number of amides is 1. The predicted octanol–water partition coefficient (Wildman–Crippen LogP) is 2.68. The monoisotopic (exact) mass is 353 g/mol. The lowest BCUT2D eigenvalue weighted by atomic mass is 10.2. The van der Waals surface area contributed by atoms with Crippen LogP contribution in [0, 0.1) is 0 Å². The first-order valence-electron chi connectivity index (χ1n) is 7.00. The number of sulfonamides is 1. The lowest BCUT2D eigenvalue weighted by Crippen LogP contribution is -2.22. The van der Waals surface area contributed by atoms with Crippen LogP contribution in [0.4, 0.5) is 11.4 Å². The van der Waals surface area contributed by atoms with E-state index in [1.807, 2.05) is 12.3 Å². The number of thiophene rings is 1. The van der Waals surface area contributed by atoms with Crippen LogP contribution in [0.25, 0.3) is 0 Å². The van der Waals surface area contributed by atoms with Crippen LogP contribution < -0.4 is 10.6 Å². The SMILES string of the molecule is CCNc1ccc(S(=O)(=O)N(C)C)cc1NC(=O)c1ccsc1. The summed E-state index contributed by atoms with van der Waals surface area (Å²) >= 11 is 1.43. The summed E-state index contributed by atoms with van der Waals surface area (Å²) in [5.41, 5.74) is 1.65. The van der Waals surface area contributed by atoms with Gasteiger partial charge in [0.05, 0.1) is 21.8 Å². The van der Waals surface area contributed by atoms with Crippen molar-refractivity contribution in [1.29, 1.82) is 0 Å². The second-order valence-electron chi connectivity index (χ2n) is 4.99. The molecule has 2 aromatic rings. The van der Waals surface area contributed by atoms with Crippen molar-refractivity contribution in [2.75, 3.05) is 31.3 Å². The highest BCUT2D eigenvalue weighted by atomic mass is 32.2. The highest BCUT2D eigenvalue weighted by molar-refractivity contribution is 7.89. The zero-order chi connectivity index (χ0) is 17.0. The van der Waals surface area contributed by atoms with Crippen molar-refractivity contribution in [3.05, 3.63) is 40.6 Å². The fourth-order valence-corrected chi connectivity index (χ4v) is 3.50. The molecule has 0 spiro atoms. The van der Waals surface area contributed by atoms with Crippen LogP contribution in [0.5, 0.6) is 0 Å². The van der Waals surface area contributed by atoms with Gasteiger partial charge in [0.1, 0.15) is 0 Å². The molecule has 23 heavy (non-hydrogen) atoms. The number of hydrogen-bond donors (Lipinski definition) is 2. The summed E-state index contributed by atoms with van der Waals surface area (Å²) in [4.78, 5) is 12.4. The highest BCUT2D eigenvalue weighted by Gasteiger charge is 2.19. The first-order valence-corrected chi connectivity index (χ1v) is 9.38. The molecule has 0 atom stereocenters. The van der Waals surface area contributed by atoms with Gasteiger partial charge in [-0.15, -0.1) is 0 Å². The minimum Gasteiger partial charge on any atom is -0.384 e. The molecule has 6 nitrogen and oxygen atoms in total. The largest absolute Gasteiger partial charge is 0.384 e. The summed E-state index contributed by atoms with van der Waals surface area (Å²) in [6.45, 7) is 2.58. The molecule has 1 amide bonds. The highest BCUT2D eigenvalue weighted by Crippen LogP contribution is 2.27. The number of anilines is 2. The van der Waals surface area contributed by atoms with E-state index in [0.29, 0.717) is 23.5 Å². The summed E-state index contributed by atoms with van der Waals surface area (Å²) in [6.07, 6.45) is 0. The van der Waals surface area contributed by atoms with E-state index in [9.17, 15) is 13.2 Å². The fourth-order valence-electron chi connectivity index (χ4n) is 1.93.